The highest BCUT2D eigenvalue weighted by Gasteiger charge is 2.23. The number of amides is 2. The second-order valence-electron chi connectivity index (χ2n) is 8.43. The molecule has 1 aliphatic heterocycles. The Morgan fingerprint density at radius 3 is 2.74 bits per heavy atom. The molecule has 7 nitrogen and oxygen atoms in total. The van der Waals surface area contributed by atoms with E-state index in [9.17, 15) is 14.7 Å². The first-order valence-corrected chi connectivity index (χ1v) is 11.4. The number of nitrogens with one attached hydrogen (secondary N) is 2. The third-order valence-electron chi connectivity index (χ3n) is 6.09. The van der Waals surface area contributed by atoms with Crippen molar-refractivity contribution in [2.45, 2.75) is 26.5 Å². The van der Waals surface area contributed by atoms with Gasteiger partial charge in [-0.05, 0) is 78.6 Å². The summed E-state index contributed by atoms with van der Waals surface area (Å²) < 4.78 is 0. The van der Waals surface area contributed by atoms with Gasteiger partial charge in [0.2, 0.25) is 0 Å². The van der Waals surface area contributed by atoms with Gasteiger partial charge in [-0.2, -0.15) is 0 Å². The van der Waals surface area contributed by atoms with E-state index < -0.39 is 0 Å². The van der Waals surface area contributed by atoms with Gasteiger partial charge in [-0.1, -0.05) is 17.7 Å². The van der Waals surface area contributed by atoms with Crippen molar-refractivity contribution in [1.29, 1.82) is 0 Å². The molecule has 34 heavy (non-hydrogen) atoms. The van der Waals surface area contributed by atoms with Gasteiger partial charge in [-0.3, -0.25) is 9.59 Å². The maximum atomic E-state index is 13.2. The summed E-state index contributed by atoms with van der Waals surface area (Å²) in [5.74, 6) is 0.494. The largest absolute Gasteiger partial charge is 0.392 e. The molecule has 5 rings (SSSR count). The Balaban J connectivity index is 1.34. The van der Waals surface area contributed by atoms with Gasteiger partial charge in [0.25, 0.3) is 11.8 Å². The molecule has 0 unspecified atom stereocenters. The molecule has 0 radical (unpaired) electrons. The number of benzene rings is 3. The van der Waals surface area contributed by atoms with E-state index in [1.165, 1.54) is 0 Å². The van der Waals surface area contributed by atoms with E-state index in [0.717, 1.165) is 34.4 Å². The molecule has 0 fully saturated rings. The first-order chi connectivity index (χ1) is 16.4. The van der Waals surface area contributed by atoms with E-state index in [1.807, 2.05) is 31.2 Å². The van der Waals surface area contributed by atoms with Crippen LogP contribution in [0.2, 0.25) is 5.02 Å². The van der Waals surface area contributed by atoms with Gasteiger partial charge < -0.3 is 20.3 Å². The third-order valence-corrected chi connectivity index (χ3v) is 6.46. The number of fused-ring (bicyclic) bond motifs is 2. The first-order valence-electron chi connectivity index (χ1n) is 11.0. The van der Waals surface area contributed by atoms with Crippen molar-refractivity contribution in [3.63, 3.8) is 0 Å². The SMILES string of the molecule is Cc1nc2ccc(C(=O)N3CCc4ccc(C(=O)Nc5ccc(Cl)c(CO)c5)cc4C3)cc2[nH]1. The number of aliphatic hydroxyl groups is 1. The molecule has 0 atom stereocenters. The van der Waals surface area contributed by atoms with E-state index in [-0.39, 0.29) is 18.4 Å². The molecule has 0 bridgehead atoms. The number of aromatic nitrogens is 2. The Labute approximate surface area is 201 Å². The first kappa shape index (κ1) is 22.1. The summed E-state index contributed by atoms with van der Waals surface area (Å²) in [5, 5.41) is 12.7. The minimum Gasteiger partial charge on any atom is -0.392 e. The zero-order valence-electron chi connectivity index (χ0n) is 18.6. The Hall–Kier alpha value is -3.68. The molecule has 0 aliphatic carbocycles. The summed E-state index contributed by atoms with van der Waals surface area (Å²) in [6, 6.07) is 16.1. The van der Waals surface area contributed by atoms with Crippen LogP contribution in [0.3, 0.4) is 0 Å². The van der Waals surface area contributed by atoms with E-state index in [2.05, 4.69) is 15.3 Å². The molecule has 3 aromatic carbocycles. The molecule has 3 N–H and O–H groups in total. The Bertz CT molecular complexity index is 1430. The lowest BCUT2D eigenvalue weighted by Gasteiger charge is -2.29. The van der Waals surface area contributed by atoms with Crippen molar-refractivity contribution in [3.05, 3.63) is 93.3 Å². The smallest absolute Gasteiger partial charge is 0.255 e. The molecule has 0 saturated carbocycles. The Morgan fingerprint density at radius 2 is 1.91 bits per heavy atom. The van der Waals surface area contributed by atoms with Crippen LogP contribution in [-0.2, 0) is 19.6 Å². The summed E-state index contributed by atoms with van der Waals surface area (Å²) in [5.41, 5.74) is 5.97. The topological polar surface area (TPSA) is 98.3 Å². The zero-order chi connectivity index (χ0) is 23.8. The number of rotatable bonds is 4. The normalized spacial score (nSPS) is 13.1. The Kier molecular flexibility index (Phi) is 5.81. The van der Waals surface area contributed by atoms with Gasteiger partial charge in [-0.25, -0.2) is 4.98 Å². The summed E-state index contributed by atoms with van der Waals surface area (Å²) >= 11 is 6.03. The van der Waals surface area contributed by atoms with Gasteiger partial charge in [-0.15, -0.1) is 0 Å². The standard InChI is InChI=1S/C26H23ClN4O3/c1-15-28-23-7-4-18(12-24(23)29-15)26(34)31-9-8-16-2-3-17(10-19(16)13-31)25(33)30-21-5-6-22(27)20(11-21)14-32/h2-7,10-12,32H,8-9,13-14H2,1H3,(H,28,29)(H,30,33). The van der Waals surface area contributed by atoms with Crippen LogP contribution in [0.5, 0.6) is 0 Å². The molecular formula is C26H23ClN4O3. The average Bonchev–Trinajstić information content (AvgIpc) is 3.23. The molecule has 0 saturated heterocycles. The number of imidazole rings is 1. The molecule has 2 heterocycles. The molecule has 4 aromatic rings. The fourth-order valence-corrected chi connectivity index (χ4v) is 4.48. The van der Waals surface area contributed by atoms with E-state index in [4.69, 9.17) is 11.6 Å². The molecular weight excluding hydrogens is 452 g/mol. The molecule has 1 aliphatic rings. The molecule has 2 amide bonds. The lowest BCUT2D eigenvalue weighted by atomic mass is 9.96. The summed E-state index contributed by atoms with van der Waals surface area (Å²) in [6.07, 6.45) is 0.728. The minimum atomic E-state index is -0.266. The predicted octanol–water partition coefficient (Wildman–Crippen LogP) is 4.47. The van der Waals surface area contributed by atoms with Crippen LogP contribution in [-0.4, -0.2) is 38.3 Å². The summed E-state index contributed by atoms with van der Waals surface area (Å²) in [4.78, 5) is 35.4. The van der Waals surface area contributed by atoms with E-state index >= 15 is 0 Å². The van der Waals surface area contributed by atoms with Gasteiger partial charge in [0.15, 0.2) is 0 Å². The summed E-state index contributed by atoms with van der Waals surface area (Å²) in [6.45, 7) is 2.73. The third kappa shape index (κ3) is 4.27. The number of anilines is 1. The number of carbonyl (C=O) groups is 2. The number of hydrogen-bond donors (Lipinski definition) is 3. The van der Waals surface area contributed by atoms with Gasteiger partial charge in [0, 0.05) is 34.9 Å². The number of halogens is 1. The maximum absolute atomic E-state index is 13.2. The highest BCUT2D eigenvalue weighted by molar-refractivity contribution is 6.31. The van der Waals surface area contributed by atoms with Gasteiger partial charge >= 0.3 is 0 Å². The number of carbonyl (C=O) groups excluding carboxylic acids is 2. The van der Waals surface area contributed by atoms with Crippen LogP contribution in [0.15, 0.2) is 54.6 Å². The number of H-pyrrole nitrogens is 1. The summed E-state index contributed by atoms with van der Waals surface area (Å²) in [7, 11) is 0. The van der Waals surface area contributed by atoms with Crippen molar-refractivity contribution in [2.24, 2.45) is 0 Å². The van der Waals surface area contributed by atoms with Crippen molar-refractivity contribution in [3.8, 4) is 0 Å². The van der Waals surface area contributed by atoms with E-state index in [0.29, 0.717) is 40.5 Å². The lowest BCUT2D eigenvalue weighted by molar-refractivity contribution is 0.0735. The number of aliphatic hydroxyl groups excluding tert-OH is 1. The van der Waals surface area contributed by atoms with Crippen LogP contribution in [0.4, 0.5) is 5.69 Å². The van der Waals surface area contributed by atoms with Crippen LogP contribution >= 0.6 is 11.6 Å². The van der Waals surface area contributed by atoms with Crippen molar-refractivity contribution in [2.75, 3.05) is 11.9 Å². The van der Waals surface area contributed by atoms with Crippen LogP contribution in [0.25, 0.3) is 11.0 Å². The average molecular weight is 475 g/mol. The molecule has 172 valence electrons. The molecule has 0 spiro atoms. The maximum Gasteiger partial charge on any atom is 0.255 e. The van der Waals surface area contributed by atoms with Crippen LogP contribution in [0.1, 0.15) is 43.2 Å². The fourth-order valence-electron chi connectivity index (χ4n) is 4.30. The zero-order valence-corrected chi connectivity index (χ0v) is 19.3. The number of aromatic amines is 1. The second kappa shape index (κ2) is 8.93. The van der Waals surface area contributed by atoms with Crippen LogP contribution in [0, 0.1) is 6.92 Å². The fraction of sp³-hybridized carbons (Fsp3) is 0.192. The lowest BCUT2D eigenvalue weighted by Crippen LogP contribution is -2.36. The van der Waals surface area contributed by atoms with Crippen molar-refractivity contribution < 1.29 is 14.7 Å². The highest BCUT2D eigenvalue weighted by atomic mass is 35.5. The quantitative estimate of drug-likeness (QED) is 0.406. The predicted molar refractivity (Wildman–Crippen MR) is 131 cm³/mol. The highest BCUT2D eigenvalue weighted by Crippen LogP contribution is 2.25. The van der Waals surface area contributed by atoms with Gasteiger partial charge in [0.1, 0.15) is 5.82 Å². The second-order valence-corrected chi connectivity index (χ2v) is 8.84. The number of hydrogen-bond acceptors (Lipinski definition) is 4. The van der Waals surface area contributed by atoms with Crippen LogP contribution < -0.4 is 5.32 Å². The van der Waals surface area contributed by atoms with Crippen molar-refractivity contribution >= 4 is 40.1 Å². The van der Waals surface area contributed by atoms with Crippen molar-refractivity contribution in [1.82, 2.24) is 14.9 Å². The molecule has 1 aromatic heterocycles. The molecule has 8 heteroatoms. The Morgan fingerprint density at radius 1 is 1.09 bits per heavy atom. The van der Waals surface area contributed by atoms with Gasteiger partial charge in [0.05, 0.1) is 17.6 Å². The monoisotopic (exact) mass is 474 g/mol. The minimum absolute atomic E-state index is 0.0487. The number of aryl methyl sites for hydroxylation is 1. The number of nitrogens with zero attached hydrogens (tertiary/aromatic N) is 2. The van der Waals surface area contributed by atoms with E-state index in [1.54, 1.807) is 35.2 Å².